The monoisotopic (exact) mass is 1420 g/mol. The van der Waals surface area contributed by atoms with Gasteiger partial charge in [0.25, 0.3) is 0 Å². The molecule has 2 saturated heterocycles. The van der Waals surface area contributed by atoms with Crippen LogP contribution in [0.3, 0.4) is 0 Å². The van der Waals surface area contributed by atoms with Crippen molar-refractivity contribution in [1.82, 2.24) is 0 Å². The summed E-state index contributed by atoms with van der Waals surface area (Å²) in [4.78, 5) is 50.8. The molecule has 24 nitrogen and oxygen atoms in total. The van der Waals surface area contributed by atoms with E-state index in [2.05, 4.69) is 32.9 Å². The Hall–Kier alpha value is -2.82. The Balaban J connectivity index is 1.75. The minimum Gasteiger partial charge on any atom is -0.463 e. The Labute approximate surface area is 585 Å². The predicted molar refractivity (Wildman–Crippen MR) is 370 cm³/mol. The predicted octanol–water partition coefficient (Wildman–Crippen LogP) is 10.3. The fraction of sp³-hybridized carbons (Fsp3) is 0.877. The lowest BCUT2D eigenvalue weighted by Crippen LogP contribution is -2.69. The fourth-order valence-corrected chi connectivity index (χ4v) is 13.3. The SMILES string of the molecule is CCCCCCCC/C=C\CCCCCC(=O)OC(COC(=O)/C=C/C=C/CCCCCCCCCCCCC)COP(=O)(O)OC1C(OC2OC(CO)C(O)C(O)C2O)C(O)C(O)C(O)C1OC1OC(COC(=O)CCCCCCCCCCCCCCCCC)C(O)C(O)C1O. The molecule has 25 heteroatoms. The summed E-state index contributed by atoms with van der Waals surface area (Å²) in [5, 5.41) is 110. The third-order valence-electron chi connectivity index (χ3n) is 18.5. The summed E-state index contributed by atoms with van der Waals surface area (Å²) in [5.41, 5.74) is 0. The molecule has 3 rings (SSSR count). The molecule has 0 amide bonds. The first kappa shape index (κ1) is 89.4. The van der Waals surface area contributed by atoms with Crippen LogP contribution in [-0.2, 0) is 61.2 Å². The molecule has 1 saturated carbocycles. The normalized spacial score (nSPS) is 27.8. The topological polar surface area (TPSA) is 374 Å². The molecule has 98 heavy (non-hydrogen) atoms. The van der Waals surface area contributed by atoms with E-state index in [-0.39, 0.29) is 12.8 Å². The lowest BCUT2D eigenvalue weighted by atomic mass is 9.84. The van der Waals surface area contributed by atoms with Gasteiger partial charge in [0.1, 0.15) is 98.7 Å². The Morgan fingerprint density at radius 3 is 1.24 bits per heavy atom. The number of aliphatic hydroxyl groups excluding tert-OH is 10. The number of unbranched alkanes of at least 4 members (excludes halogenated alkanes) is 34. The molecule has 3 fully saturated rings. The highest BCUT2D eigenvalue weighted by molar-refractivity contribution is 7.47. The van der Waals surface area contributed by atoms with E-state index < -0.39 is 156 Å². The van der Waals surface area contributed by atoms with Gasteiger partial charge in [-0.15, -0.1) is 0 Å². The molecule has 0 radical (unpaired) electrons. The number of aliphatic hydroxyl groups is 10. The van der Waals surface area contributed by atoms with Crippen molar-refractivity contribution in [2.45, 2.75) is 382 Å². The van der Waals surface area contributed by atoms with Gasteiger partial charge in [-0.25, -0.2) is 9.36 Å². The number of carbonyl (C=O) groups is 3. The standard InChI is InChI=1S/C73H131O24P/c1-4-7-10-13-16-19-22-25-27-30-32-35-38-41-44-47-57(75)89-51-54(92-59(77)49-46-43-40-37-34-29-24-21-18-15-12-9-6-3)52-91-98(87,88)97-71-69(95-72-67(85)62(80)60(78)55(50-74)93-72)65(83)64(82)66(84)70(71)96-73-68(86)63(81)61(79)56(94-73)53-90-58(76)48-45-42-39-36-33-31-28-26-23-20-17-14-11-8-5-2/h29,34,38,41,44,47,54-56,60-74,78-86H,4-28,30-33,35-37,39-40,42-43,45-46,48-53H2,1-3H3,(H,87,88)/b34-29-,41-38+,47-44+. The van der Waals surface area contributed by atoms with E-state index >= 15 is 0 Å². The second-order valence-corrected chi connectivity index (χ2v) is 28.5. The molecule has 0 aromatic carbocycles. The molecule has 18 atom stereocenters. The van der Waals surface area contributed by atoms with E-state index in [9.17, 15) is 74.9 Å². The molecule has 572 valence electrons. The lowest BCUT2D eigenvalue weighted by Gasteiger charge is -2.49. The number of ether oxygens (including phenoxy) is 7. The molecule has 11 N–H and O–H groups in total. The van der Waals surface area contributed by atoms with Gasteiger partial charge in [0, 0.05) is 18.9 Å². The first-order chi connectivity index (χ1) is 47.3. The van der Waals surface area contributed by atoms with E-state index in [0.717, 1.165) is 89.5 Å². The highest BCUT2D eigenvalue weighted by atomic mass is 31.2. The quantitative estimate of drug-likeness (QED) is 0.00513. The van der Waals surface area contributed by atoms with Crippen molar-refractivity contribution in [1.29, 1.82) is 0 Å². The van der Waals surface area contributed by atoms with Crippen molar-refractivity contribution in [2.24, 2.45) is 0 Å². The maximum atomic E-state index is 14.3. The van der Waals surface area contributed by atoms with Gasteiger partial charge in [-0.3, -0.25) is 18.6 Å². The summed E-state index contributed by atoms with van der Waals surface area (Å²) >= 11 is 0. The molecule has 2 heterocycles. The number of hydrogen-bond acceptors (Lipinski definition) is 23. The van der Waals surface area contributed by atoms with Crippen molar-refractivity contribution in [3.63, 3.8) is 0 Å². The number of phosphoric acid groups is 1. The van der Waals surface area contributed by atoms with Gasteiger partial charge in [-0.1, -0.05) is 244 Å². The Bertz CT molecular complexity index is 2170. The van der Waals surface area contributed by atoms with Crippen LogP contribution in [0.1, 0.15) is 278 Å². The first-order valence-electron chi connectivity index (χ1n) is 37.8. The number of esters is 3. The highest BCUT2D eigenvalue weighted by Crippen LogP contribution is 2.49. The van der Waals surface area contributed by atoms with Crippen LogP contribution >= 0.6 is 7.82 Å². The van der Waals surface area contributed by atoms with Crippen molar-refractivity contribution >= 4 is 25.7 Å². The van der Waals surface area contributed by atoms with E-state index in [1.54, 1.807) is 6.08 Å². The third kappa shape index (κ3) is 37.6. The van der Waals surface area contributed by atoms with Gasteiger partial charge in [-0.2, -0.15) is 0 Å². The van der Waals surface area contributed by atoms with Gasteiger partial charge in [0.05, 0.1) is 13.2 Å². The number of hydrogen-bond donors (Lipinski definition) is 11. The number of phosphoric ester groups is 1. The Morgan fingerprint density at radius 2 is 0.796 bits per heavy atom. The number of carbonyl (C=O) groups excluding carboxylic acids is 3. The van der Waals surface area contributed by atoms with Crippen LogP contribution in [0.25, 0.3) is 0 Å². The molecule has 2 aliphatic heterocycles. The van der Waals surface area contributed by atoms with E-state index in [1.807, 2.05) is 6.08 Å². The van der Waals surface area contributed by atoms with Crippen LogP contribution in [0.5, 0.6) is 0 Å². The van der Waals surface area contributed by atoms with Crippen LogP contribution in [-0.4, -0.2) is 204 Å². The van der Waals surface area contributed by atoms with Crippen LogP contribution in [0.4, 0.5) is 0 Å². The van der Waals surface area contributed by atoms with Crippen molar-refractivity contribution in [2.75, 3.05) is 26.4 Å². The second-order valence-electron chi connectivity index (χ2n) is 27.1. The average Bonchev–Trinajstić information content (AvgIpc) is 0.762. The largest absolute Gasteiger partial charge is 0.472 e. The highest BCUT2D eigenvalue weighted by Gasteiger charge is 2.58. The first-order valence-corrected chi connectivity index (χ1v) is 39.3. The summed E-state index contributed by atoms with van der Waals surface area (Å²) in [6.07, 6.45) is 17.1. The molecule has 18 unspecified atom stereocenters. The molecule has 0 aromatic rings. The average molecular weight is 1420 g/mol. The zero-order valence-corrected chi connectivity index (χ0v) is 60.5. The van der Waals surface area contributed by atoms with Crippen LogP contribution in [0.2, 0.25) is 0 Å². The van der Waals surface area contributed by atoms with Crippen molar-refractivity contribution in [3.05, 3.63) is 36.5 Å². The van der Waals surface area contributed by atoms with E-state index in [1.165, 1.54) is 147 Å². The fourth-order valence-electron chi connectivity index (χ4n) is 12.3. The molecule has 3 aliphatic rings. The maximum absolute atomic E-state index is 14.3. The maximum Gasteiger partial charge on any atom is 0.472 e. The smallest absolute Gasteiger partial charge is 0.463 e. The molecular weight excluding hydrogens is 1290 g/mol. The minimum absolute atomic E-state index is 0.0273. The van der Waals surface area contributed by atoms with Gasteiger partial charge >= 0.3 is 25.7 Å². The van der Waals surface area contributed by atoms with E-state index in [4.69, 9.17) is 42.2 Å². The lowest BCUT2D eigenvalue weighted by molar-refractivity contribution is -0.360. The number of allylic oxidation sites excluding steroid dienone is 5. The zero-order chi connectivity index (χ0) is 71.8. The summed E-state index contributed by atoms with van der Waals surface area (Å²) in [6.45, 7) is 3.31. The van der Waals surface area contributed by atoms with Crippen molar-refractivity contribution < 1.29 is 117 Å². The minimum atomic E-state index is -5.72. The second kappa shape index (κ2) is 54.8. The van der Waals surface area contributed by atoms with Gasteiger partial charge in [-0.05, 0) is 51.4 Å². The summed E-state index contributed by atoms with van der Waals surface area (Å²) in [5.74, 6) is -2.26. The van der Waals surface area contributed by atoms with Gasteiger partial charge in [0.15, 0.2) is 18.7 Å². The van der Waals surface area contributed by atoms with Crippen LogP contribution in [0.15, 0.2) is 36.5 Å². The molecular formula is C73H131O24P. The molecule has 0 spiro atoms. The van der Waals surface area contributed by atoms with Gasteiger partial charge in [0.2, 0.25) is 0 Å². The van der Waals surface area contributed by atoms with Crippen LogP contribution < -0.4 is 0 Å². The Kier molecular flexibility index (Phi) is 50.0. The van der Waals surface area contributed by atoms with E-state index in [0.29, 0.717) is 19.3 Å². The summed E-state index contributed by atoms with van der Waals surface area (Å²) in [6, 6.07) is 0. The molecule has 0 bridgehead atoms. The number of rotatable bonds is 58. The zero-order valence-electron chi connectivity index (χ0n) is 59.6. The van der Waals surface area contributed by atoms with Gasteiger partial charge < -0.3 is 89.1 Å². The van der Waals surface area contributed by atoms with Crippen molar-refractivity contribution in [3.8, 4) is 0 Å². The summed E-state index contributed by atoms with van der Waals surface area (Å²) in [7, 11) is -5.72. The van der Waals surface area contributed by atoms with Crippen LogP contribution in [0, 0.1) is 0 Å². The third-order valence-corrected chi connectivity index (χ3v) is 19.5. The summed E-state index contributed by atoms with van der Waals surface area (Å²) < 4.78 is 64.8. The molecule has 0 aromatic heterocycles. The Morgan fingerprint density at radius 1 is 0.418 bits per heavy atom. The molecule has 1 aliphatic carbocycles.